The molecule has 0 aliphatic carbocycles. The predicted octanol–water partition coefficient (Wildman–Crippen LogP) is 5.56. The molecule has 1 amide bonds. The molecule has 6 heteroatoms. The molecule has 4 rings (SSSR count). The normalized spacial score (nSPS) is 16.1. The minimum absolute atomic E-state index is 0.0120. The molecular weight excluding hydrogens is 396 g/mol. The Morgan fingerprint density at radius 1 is 1.15 bits per heavy atom. The Labute approximate surface area is 172 Å². The van der Waals surface area contributed by atoms with Gasteiger partial charge in [0.05, 0.1) is 4.91 Å². The number of thiocarbonyl (C=S) groups is 1. The fourth-order valence-corrected chi connectivity index (χ4v) is 4.72. The molecule has 0 saturated carbocycles. The Balaban J connectivity index is 1.74. The molecule has 0 radical (unpaired) electrons. The number of thioether (sulfide) groups is 1. The quantitative estimate of drug-likeness (QED) is 0.414. The van der Waals surface area contributed by atoms with E-state index in [0.717, 1.165) is 28.0 Å². The molecule has 1 aromatic heterocycles. The lowest BCUT2D eigenvalue weighted by Crippen LogP contribution is -2.27. The number of hydrogen-bond acceptors (Lipinski definition) is 3. The number of hydrogen-bond donors (Lipinski definition) is 0. The second-order valence-electron chi connectivity index (χ2n) is 6.28. The average molecular weight is 413 g/mol. The third kappa shape index (κ3) is 3.55. The van der Waals surface area contributed by atoms with Crippen LogP contribution in [0, 0.1) is 0 Å². The number of para-hydroxylation sites is 1. The van der Waals surface area contributed by atoms with Crippen LogP contribution < -0.4 is 0 Å². The van der Waals surface area contributed by atoms with Crippen molar-refractivity contribution in [2.45, 2.75) is 13.5 Å². The zero-order chi connectivity index (χ0) is 19.0. The number of rotatable bonds is 4. The summed E-state index contributed by atoms with van der Waals surface area (Å²) in [5, 5.41) is 1.85. The van der Waals surface area contributed by atoms with Gasteiger partial charge in [-0.3, -0.25) is 9.69 Å². The Morgan fingerprint density at radius 2 is 1.89 bits per heavy atom. The lowest BCUT2D eigenvalue weighted by molar-refractivity contribution is -0.121. The van der Waals surface area contributed by atoms with Crippen LogP contribution in [0.15, 0.2) is 59.6 Å². The van der Waals surface area contributed by atoms with Crippen LogP contribution in [0.3, 0.4) is 0 Å². The summed E-state index contributed by atoms with van der Waals surface area (Å²) >= 11 is 12.7. The van der Waals surface area contributed by atoms with Crippen LogP contribution in [0.2, 0.25) is 5.02 Å². The maximum absolute atomic E-state index is 12.5. The van der Waals surface area contributed by atoms with E-state index in [-0.39, 0.29) is 5.91 Å². The highest BCUT2D eigenvalue weighted by atomic mass is 35.5. The van der Waals surface area contributed by atoms with E-state index in [0.29, 0.717) is 15.8 Å². The summed E-state index contributed by atoms with van der Waals surface area (Å²) in [5.74, 6) is -0.0120. The van der Waals surface area contributed by atoms with E-state index in [4.69, 9.17) is 23.8 Å². The third-order valence-corrected chi connectivity index (χ3v) is 6.19. The van der Waals surface area contributed by atoms with Gasteiger partial charge in [0.1, 0.15) is 4.32 Å². The maximum Gasteiger partial charge on any atom is 0.266 e. The molecule has 3 nitrogen and oxygen atoms in total. The molecule has 0 N–H and O–H groups in total. The van der Waals surface area contributed by atoms with Crippen LogP contribution in [0.5, 0.6) is 0 Å². The fraction of sp³-hybridized carbons (Fsp3) is 0.143. The first kappa shape index (κ1) is 18.3. The van der Waals surface area contributed by atoms with Gasteiger partial charge in [0.25, 0.3) is 5.91 Å². The van der Waals surface area contributed by atoms with Crippen molar-refractivity contribution in [3.63, 3.8) is 0 Å². The molecule has 0 atom stereocenters. The van der Waals surface area contributed by atoms with E-state index in [2.05, 4.69) is 22.9 Å². The zero-order valence-corrected chi connectivity index (χ0v) is 17.1. The van der Waals surface area contributed by atoms with Crippen molar-refractivity contribution in [1.29, 1.82) is 0 Å². The van der Waals surface area contributed by atoms with Gasteiger partial charge >= 0.3 is 0 Å². The minimum Gasteiger partial charge on any atom is -0.342 e. The van der Waals surface area contributed by atoms with Crippen molar-refractivity contribution in [3.05, 3.63) is 75.8 Å². The second-order valence-corrected chi connectivity index (χ2v) is 8.39. The molecule has 1 aliphatic rings. The van der Waals surface area contributed by atoms with Crippen LogP contribution in [0.4, 0.5) is 0 Å². The summed E-state index contributed by atoms with van der Waals surface area (Å²) in [4.78, 5) is 14.9. The van der Waals surface area contributed by atoms with Crippen molar-refractivity contribution in [2.75, 3.05) is 6.54 Å². The van der Waals surface area contributed by atoms with Gasteiger partial charge in [0.2, 0.25) is 0 Å². The fourth-order valence-electron chi connectivity index (χ4n) is 3.22. The monoisotopic (exact) mass is 412 g/mol. The number of nitrogens with zero attached hydrogens (tertiary/aromatic N) is 2. The molecule has 136 valence electrons. The van der Waals surface area contributed by atoms with Gasteiger partial charge in [-0.05, 0) is 36.8 Å². The lowest BCUT2D eigenvalue weighted by Gasteiger charge is -2.09. The summed E-state index contributed by atoms with van der Waals surface area (Å²) < 4.78 is 2.82. The lowest BCUT2D eigenvalue weighted by atomic mass is 10.1. The molecule has 2 aromatic carbocycles. The molecule has 1 fully saturated rings. The molecule has 0 bridgehead atoms. The van der Waals surface area contributed by atoms with Gasteiger partial charge in [-0.1, -0.05) is 65.9 Å². The van der Waals surface area contributed by atoms with Crippen LogP contribution in [-0.2, 0) is 11.3 Å². The first-order valence-electron chi connectivity index (χ1n) is 8.64. The first-order chi connectivity index (χ1) is 13.1. The smallest absolute Gasteiger partial charge is 0.266 e. The van der Waals surface area contributed by atoms with Crippen LogP contribution in [0.25, 0.3) is 17.0 Å². The Bertz CT molecular complexity index is 1070. The van der Waals surface area contributed by atoms with E-state index < -0.39 is 0 Å². The number of halogens is 1. The van der Waals surface area contributed by atoms with E-state index >= 15 is 0 Å². The highest BCUT2D eigenvalue weighted by Gasteiger charge is 2.30. The van der Waals surface area contributed by atoms with Crippen molar-refractivity contribution in [1.82, 2.24) is 9.47 Å². The average Bonchev–Trinajstić information content (AvgIpc) is 3.14. The summed E-state index contributed by atoms with van der Waals surface area (Å²) in [6, 6.07) is 16.1. The molecule has 0 spiro atoms. The Hall–Kier alpha value is -2.08. The van der Waals surface area contributed by atoms with Crippen LogP contribution in [0.1, 0.15) is 18.1 Å². The van der Waals surface area contributed by atoms with Gasteiger partial charge in [-0.2, -0.15) is 0 Å². The van der Waals surface area contributed by atoms with Crippen molar-refractivity contribution >= 4 is 62.8 Å². The van der Waals surface area contributed by atoms with Gasteiger partial charge < -0.3 is 4.57 Å². The largest absolute Gasteiger partial charge is 0.342 e. The van der Waals surface area contributed by atoms with E-state index in [1.807, 2.05) is 49.4 Å². The summed E-state index contributed by atoms with van der Waals surface area (Å²) in [5.41, 5.74) is 3.32. The number of aromatic nitrogens is 1. The van der Waals surface area contributed by atoms with Gasteiger partial charge in [-0.25, -0.2) is 0 Å². The van der Waals surface area contributed by atoms with Crippen LogP contribution in [-0.4, -0.2) is 26.2 Å². The molecule has 0 unspecified atom stereocenters. The van der Waals surface area contributed by atoms with Crippen molar-refractivity contribution in [3.8, 4) is 0 Å². The molecular formula is C21H17ClN2OS2. The van der Waals surface area contributed by atoms with Crippen molar-refractivity contribution < 1.29 is 4.79 Å². The van der Waals surface area contributed by atoms with E-state index in [9.17, 15) is 4.79 Å². The minimum atomic E-state index is -0.0120. The van der Waals surface area contributed by atoms with E-state index in [1.54, 1.807) is 4.90 Å². The van der Waals surface area contributed by atoms with Gasteiger partial charge in [0.15, 0.2) is 0 Å². The topological polar surface area (TPSA) is 25.2 Å². The molecule has 2 heterocycles. The van der Waals surface area contributed by atoms with Gasteiger partial charge in [-0.15, -0.1) is 0 Å². The molecule has 27 heavy (non-hydrogen) atoms. The summed E-state index contributed by atoms with van der Waals surface area (Å²) in [6.45, 7) is 3.27. The highest BCUT2D eigenvalue weighted by Crippen LogP contribution is 2.34. The molecule has 1 aliphatic heterocycles. The molecule has 1 saturated heterocycles. The summed E-state index contributed by atoms with van der Waals surface area (Å²) in [7, 11) is 0. The van der Waals surface area contributed by atoms with Crippen LogP contribution >= 0.6 is 35.6 Å². The molecule has 3 aromatic rings. The Kier molecular flexibility index (Phi) is 5.08. The highest BCUT2D eigenvalue weighted by molar-refractivity contribution is 8.26. The second kappa shape index (κ2) is 7.50. The standard InChI is InChI=1S/C21H17ClN2OS2/c1-2-24-20(25)19(27-21(24)26)11-15-13-23(18-6-4-3-5-17(15)18)12-14-7-9-16(22)10-8-14/h3-11,13H,2,12H2,1H3/b19-11+. The number of carbonyl (C=O) groups excluding carboxylic acids is 1. The van der Waals surface area contributed by atoms with Crippen molar-refractivity contribution in [2.24, 2.45) is 0 Å². The number of likely N-dealkylation sites (N-methyl/N-ethyl adjacent to an activating group) is 1. The first-order valence-corrected chi connectivity index (χ1v) is 10.2. The number of fused-ring (bicyclic) bond motifs is 1. The SMILES string of the molecule is CCN1C(=O)/C(=C\c2cn(Cc3ccc(Cl)cc3)c3ccccc23)SC1=S. The number of amides is 1. The van der Waals surface area contributed by atoms with E-state index in [1.165, 1.54) is 17.3 Å². The third-order valence-electron chi connectivity index (χ3n) is 4.56. The van der Waals surface area contributed by atoms with Gasteiger partial charge in [0, 0.05) is 40.8 Å². The summed E-state index contributed by atoms with van der Waals surface area (Å²) in [6.07, 6.45) is 4.05. The zero-order valence-electron chi connectivity index (χ0n) is 14.7. The maximum atomic E-state index is 12.5. The number of carbonyl (C=O) groups is 1. The Morgan fingerprint density at radius 3 is 2.59 bits per heavy atom. The number of benzene rings is 2. The predicted molar refractivity (Wildman–Crippen MR) is 118 cm³/mol.